The molecule has 0 fully saturated rings. The van der Waals surface area contributed by atoms with E-state index in [1.807, 2.05) is 4.57 Å². The maximum atomic E-state index is 11.9. The molecule has 2 aromatic rings. The first-order valence-electron chi connectivity index (χ1n) is 7.66. The summed E-state index contributed by atoms with van der Waals surface area (Å²) in [6.07, 6.45) is 1.63. The van der Waals surface area contributed by atoms with Crippen molar-refractivity contribution >= 4 is 36.7 Å². The van der Waals surface area contributed by atoms with Gasteiger partial charge in [0.1, 0.15) is 17.8 Å². The normalized spacial score (nSPS) is 11.8. The molecule has 0 bridgehead atoms. The van der Waals surface area contributed by atoms with Gasteiger partial charge in [0.25, 0.3) is 0 Å². The van der Waals surface area contributed by atoms with Gasteiger partial charge in [0.05, 0.1) is 31.1 Å². The topological polar surface area (TPSA) is 62.6 Å². The Morgan fingerprint density at radius 1 is 1.33 bits per heavy atom. The number of rotatable bonds is 7. The van der Waals surface area contributed by atoms with Gasteiger partial charge in [0, 0.05) is 14.7 Å². The summed E-state index contributed by atoms with van der Waals surface area (Å²) in [6, 6.07) is 2.62. The number of hydrogen-bond acceptors (Lipinski definition) is 5. The van der Waals surface area contributed by atoms with Crippen molar-refractivity contribution in [3.8, 4) is 5.75 Å². The summed E-state index contributed by atoms with van der Waals surface area (Å²) < 4.78 is 17.7. The minimum Gasteiger partial charge on any atom is -0.493 e. The molecule has 2 rings (SSSR count). The van der Waals surface area contributed by atoms with E-state index < -0.39 is 14.0 Å². The van der Waals surface area contributed by atoms with Crippen LogP contribution in [-0.2, 0) is 16.2 Å². The number of benzene rings is 1. The van der Waals surface area contributed by atoms with Gasteiger partial charge in [-0.2, -0.15) is 0 Å². The first-order chi connectivity index (χ1) is 11.3. The lowest BCUT2D eigenvalue weighted by Crippen LogP contribution is -2.22. The summed E-state index contributed by atoms with van der Waals surface area (Å²) in [7, 11) is 1.66. The van der Waals surface area contributed by atoms with Gasteiger partial charge in [0.2, 0.25) is 0 Å². The number of aromatic nitrogens is 2. The van der Waals surface area contributed by atoms with Crippen LogP contribution >= 0.6 is 11.6 Å². The van der Waals surface area contributed by atoms with E-state index in [2.05, 4.69) is 24.6 Å². The molecule has 8 heteroatoms. The summed E-state index contributed by atoms with van der Waals surface area (Å²) in [5, 5.41) is 0.400. The Morgan fingerprint density at radius 2 is 2.04 bits per heavy atom. The lowest BCUT2D eigenvalue weighted by atomic mass is 10.1. The zero-order valence-corrected chi connectivity index (χ0v) is 16.4. The number of carbonyl (C=O) groups excluding carboxylic acids is 1. The Kier molecular flexibility index (Phi) is 5.90. The highest BCUT2D eigenvalue weighted by molar-refractivity contribution is 6.76. The second-order valence-corrected chi connectivity index (χ2v) is 12.7. The average Bonchev–Trinajstić information content (AvgIpc) is 2.94. The van der Waals surface area contributed by atoms with E-state index in [1.165, 1.54) is 20.3 Å². The Bertz CT molecular complexity index is 740. The van der Waals surface area contributed by atoms with Crippen molar-refractivity contribution in [2.75, 3.05) is 20.8 Å². The van der Waals surface area contributed by atoms with Crippen LogP contribution in [0.25, 0.3) is 11.0 Å². The molecule has 0 radical (unpaired) electrons. The molecule has 0 saturated carbocycles. The van der Waals surface area contributed by atoms with E-state index in [0.717, 1.165) is 6.04 Å². The zero-order valence-electron chi connectivity index (χ0n) is 14.7. The van der Waals surface area contributed by atoms with Gasteiger partial charge >= 0.3 is 5.97 Å². The van der Waals surface area contributed by atoms with Crippen molar-refractivity contribution in [2.45, 2.75) is 32.4 Å². The van der Waals surface area contributed by atoms with Crippen LogP contribution in [0.2, 0.25) is 30.7 Å². The van der Waals surface area contributed by atoms with Crippen molar-refractivity contribution in [1.82, 2.24) is 9.55 Å². The predicted molar refractivity (Wildman–Crippen MR) is 96.7 cm³/mol. The third kappa shape index (κ3) is 4.09. The van der Waals surface area contributed by atoms with E-state index in [4.69, 9.17) is 25.8 Å². The summed E-state index contributed by atoms with van der Waals surface area (Å²) >= 11 is 6.35. The summed E-state index contributed by atoms with van der Waals surface area (Å²) in [5.74, 6) is -0.168. The maximum absolute atomic E-state index is 11.9. The molecule has 0 unspecified atom stereocenters. The quantitative estimate of drug-likeness (QED) is 0.421. The second kappa shape index (κ2) is 7.54. The monoisotopic (exact) mass is 370 g/mol. The zero-order chi connectivity index (χ0) is 17.9. The van der Waals surface area contributed by atoms with Crippen LogP contribution in [0.3, 0.4) is 0 Å². The van der Waals surface area contributed by atoms with Gasteiger partial charge in [-0.1, -0.05) is 31.2 Å². The maximum Gasteiger partial charge on any atom is 0.341 e. The summed E-state index contributed by atoms with van der Waals surface area (Å²) in [6.45, 7) is 7.96. The van der Waals surface area contributed by atoms with E-state index in [1.54, 1.807) is 6.33 Å². The SMILES string of the molecule is COC(=O)c1cc(Cl)c2c(ncn2COCC[Si](C)(C)C)c1OC. The van der Waals surface area contributed by atoms with Crippen LogP contribution in [0, 0.1) is 0 Å². The molecule has 24 heavy (non-hydrogen) atoms. The van der Waals surface area contributed by atoms with Crippen molar-refractivity contribution in [2.24, 2.45) is 0 Å². The number of ether oxygens (including phenoxy) is 3. The average molecular weight is 371 g/mol. The molecule has 0 atom stereocenters. The van der Waals surface area contributed by atoms with Crippen molar-refractivity contribution in [3.63, 3.8) is 0 Å². The molecule has 0 aliphatic rings. The minimum atomic E-state index is -1.13. The molecule has 0 aliphatic heterocycles. The number of halogens is 1. The molecular weight excluding hydrogens is 348 g/mol. The molecule has 1 aromatic heterocycles. The first-order valence-corrected chi connectivity index (χ1v) is 11.7. The highest BCUT2D eigenvalue weighted by Gasteiger charge is 2.22. The van der Waals surface area contributed by atoms with Crippen molar-refractivity contribution in [3.05, 3.63) is 23.0 Å². The number of nitrogens with zero attached hydrogens (tertiary/aromatic N) is 2. The van der Waals surface area contributed by atoms with Gasteiger partial charge < -0.3 is 18.8 Å². The molecule has 1 heterocycles. The minimum absolute atomic E-state index is 0.252. The Morgan fingerprint density at radius 3 is 2.62 bits per heavy atom. The van der Waals surface area contributed by atoms with Gasteiger partial charge in [0.15, 0.2) is 5.75 Å². The molecule has 0 spiro atoms. The fraction of sp³-hybridized carbons (Fsp3) is 0.500. The highest BCUT2D eigenvalue weighted by atomic mass is 35.5. The van der Waals surface area contributed by atoms with Crippen molar-refractivity contribution < 1.29 is 19.0 Å². The number of carbonyl (C=O) groups is 1. The smallest absolute Gasteiger partial charge is 0.341 e. The Labute approximate surface area is 147 Å². The molecule has 0 saturated heterocycles. The van der Waals surface area contributed by atoms with E-state index in [0.29, 0.717) is 35.1 Å². The standard InChI is InChI=1S/C16H23ClN2O4Si/c1-21-15-11(16(20)22-2)8-12(17)14-13(15)18-9-19(14)10-23-6-7-24(3,4)5/h8-9H,6-7,10H2,1-5H3. The Balaban J connectivity index is 2.30. The van der Waals surface area contributed by atoms with E-state index >= 15 is 0 Å². The second-order valence-electron chi connectivity index (χ2n) is 6.69. The van der Waals surface area contributed by atoms with Crippen molar-refractivity contribution in [1.29, 1.82) is 0 Å². The van der Waals surface area contributed by atoms with Gasteiger partial charge in [-0.3, -0.25) is 0 Å². The third-order valence-electron chi connectivity index (χ3n) is 3.63. The van der Waals surface area contributed by atoms with Crippen LogP contribution in [-0.4, -0.2) is 44.4 Å². The molecule has 0 amide bonds. The molecule has 1 aromatic carbocycles. The summed E-state index contributed by atoms with van der Waals surface area (Å²) in [5.41, 5.74) is 1.44. The number of methoxy groups -OCH3 is 2. The largest absolute Gasteiger partial charge is 0.493 e. The number of esters is 1. The molecular formula is C16H23ClN2O4Si. The van der Waals surface area contributed by atoms with Crippen LogP contribution in [0.15, 0.2) is 12.4 Å². The number of fused-ring (bicyclic) bond motifs is 1. The van der Waals surface area contributed by atoms with Crippen LogP contribution in [0.4, 0.5) is 0 Å². The molecule has 6 nitrogen and oxygen atoms in total. The van der Waals surface area contributed by atoms with Gasteiger partial charge in [-0.05, 0) is 12.1 Å². The van der Waals surface area contributed by atoms with E-state index in [-0.39, 0.29) is 5.56 Å². The molecule has 0 aliphatic carbocycles. The lowest BCUT2D eigenvalue weighted by molar-refractivity contribution is 0.0597. The lowest BCUT2D eigenvalue weighted by Gasteiger charge is -2.16. The fourth-order valence-electron chi connectivity index (χ4n) is 2.29. The highest BCUT2D eigenvalue weighted by Crippen LogP contribution is 2.34. The predicted octanol–water partition coefficient (Wildman–Crippen LogP) is 3.80. The summed E-state index contributed by atoms with van der Waals surface area (Å²) in [4.78, 5) is 16.2. The van der Waals surface area contributed by atoms with Gasteiger partial charge in [-0.25, -0.2) is 9.78 Å². The fourth-order valence-corrected chi connectivity index (χ4v) is 3.36. The number of hydrogen-bond donors (Lipinski definition) is 0. The first kappa shape index (κ1) is 18.8. The molecule has 132 valence electrons. The third-order valence-corrected chi connectivity index (χ3v) is 5.62. The van der Waals surface area contributed by atoms with Crippen LogP contribution in [0.5, 0.6) is 5.75 Å². The van der Waals surface area contributed by atoms with Gasteiger partial charge in [-0.15, -0.1) is 0 Å². The van der Waals surface area contributed by atoms with E-state index in [9.17, 15) is 4.79 Å². The molecule has 0 N–H and O–H groups in total. The Hall–Kier alpha value is -1.57. The van der Waals surface area contributed by atoms with Crippen LogP contribution < -0.4 is 4.74 Å². The van der Waals surface area contributed by atoms with Crippen LogP contribution in [0.1, 0.15) is 10.4 Å². The number of imidazole rings is 1.